The molecule has 1 aromatic carbocycles. The number of hydrogen-bond acceptors (Lipinski definition) is 3. The van der Waals surface area contributed by atoms with E-state index in [2.05, 4.69) is 10.6 Å². The Morgan fingerprint density at radius 1 is 1.41 bits per heavy atom. The van der Waals surface area contributed by atoms with E-state index < -0.39 is 0 Å². The average molecular weight is 234 g/mol. The van der Waals surface area contributed by atoms with Crippen LogP contribution in [0.25, 0.3) is 0 Å². The van der Waals surface area contributed by atoms with Gasteiger partial charge in [0.2, 0.25) is 0 Å². The van der Waals surface area contributed by atoms with Gasteiger partial charge in [0.15, 0.2) is 0 Å². The van der Waals surface area contributed by atoms with E-state index in [1.165, 1.54) is 6.07 Å². The number of carbonyl (C=O) groups excluding carboxylic acids is 1. The topological polar surface area (TPSA) is 61.4 Å². The Balaban J connectivity index is 1.84. The molecular formula is C13H18N2O2. The van der Waals surface area contributed by atoms with Gasteiger partial charge in [-0.2, -0.15) is 0 Å². The summed E-state index contributed by atoms with van der Waals surface area (Å²) in [5, 5.41) is 15.5. The van der Waals surface area contributed by atoms with Crippen molar-refractivity contribution in [1.82, 2.24) is 10.6 Å². The van der Waals surface area contributed by atoms with Crippen LogP contribution in [0.3, 0.4) is 0 Å². The van der Waals surface area contributed by atoms with Crippen LogP contribution in [-0.2, 0) is 0 Å². The molecule has 1 aliphatic rings. The van der Waals surface area contributed by atoms with Gasteiger partial charge < -0.3 is 15.7 Å². The molecular weight excluding hydrogens is 216 g/mol. The number of piperidine rings is 1. The molecule has 0 unspecified atom stereocenters. The Hall–Kier alpha value is -1.55. The predicted molar refractivity (Wildman–Crippen MR) is 66.0 cm³/mol. The van der Waals surface area contributed by atoms with Gasteiger partial charge in [0.25, 0.3) is 5.91 Å². The second kappa shape index (κ2) is 5.68. The van der Waals surface area contributed by atoms with Crippen molar-refractivity contribution in [3.05, 3.63) is 29.8 Å². The molecule has 4 nitrogen and oxygen atoms in total. The van der Waals surface area contributed by atoms with Crippen molar-refractivity contribution in [2.75, 3.05) is 19.6 Å². The van der Waals surface area contributed by atoms with Crippen LogP contribution in [0.2, 0.25) is 0 Å². The van der Waals surface area contributed by atoms with E-state index in [1.807, 2.05) is 0 Å². The fourth-order valence-corrected chi connectivity index (χ4v) is 2.07. The number of amides is 1. The van der Waals surface area contributed by atoms with Gasteiger partial charge in [-0.1, -0.05) is 6.07 Å². The summed E-state index contributed by atoms with van der Waals surface area (Å²) < 4.78 is 0. The third-order valence-electron chi connectivity index (χ3n) is 3.12. The molecule has 1 amide bonds. The largest absolute Gasteiger partial charge is 0.508 e. The molecule has 0 spiro atoms. The Morgan fingerprint density at radius 2 is 2.18 bits per heavy atom. The Labute approximate surface area is 101 Å². The minimum Gasteiger partial charge on any atom is -0.508 e. The first kappa shape index (κ1) is 11.9. The lowest BCUT2D eigenvalue weighted by Crippen LogP contribution is -2.35. The van der Waals surface area contributed by atoms with E-state index in [9.17, 15) is 9.90 Å². The van der Waals surface area contributed by atoms with Crippen LogP contribution >= 0.6 is 0 Å². The minimum atomic E-state index is -0.112. The molecule has 0 aliphatic carbocycles. The van der Waals surface area contributed by atoms with Crippen molar-refractivity contribution in [2.45, 2.75) is 12.8 Å². The van der Waals surface area contributed by atoms with Crippen LogP contribution in [0.4, 0.5) is 0 Å². The summed E-state index contributed by atoms with van der Waals surface area (Å²) in [4.78, 5) is 11.8. The number of benzene rings is 1. The molecule has 1 aliphatic heterocycles. The van der Waals surface area contributed by atoms with E-state index in [-0.39, 0.29) is 11.7 Å². The molecule has 0 saturated carbocycles. The third kappa shape index (κ3) is 3.46. The van der Waals surface area contributed by atoms with Crippen molar-refractivity contribution >= 4 is 5.91 Å². The fourth-order valence-electron chi connectivity index (χ4n) is 2.07. The molecule has 0 radical (unpaired) electrons. The molecule has 1 fully saturated rings. The number of phenols is 1. The van der Waals surface area contributed by atoms with E-state index in [1.54, 1.807) is 18.2 Å². The van der Waals surface area contributed by atoms with Crippen molar-refractivity contribution < 1.29 is 9.90 Å². The Kier molecular flexibility index (Phi) is 3.98. The van der Waals surface area contributed by atoms with Gasteiger partial charge in [0.1, 0.15) is 5.75 Å². The molecule has 17 heavy (non-hydrogen) atoms. The van der Waals surface area contributed by atoms with Crippen molar-refractivity contribution in [3.8, 4) is 5.75 Å². The first-order valence-corrected chi connectivity index (χ1v) is 6.03. The van der Waals surface area contributed by atoms with Gasteiger partial charge in [0, 0.05) is 12.1 Å². The van der Waals surface area contributed by atoms with E-state index in [0.717, 1.165) is 32.5 Å². The second-order valence-corrected chi connectivity index (χ2v) is 4.45. The zero-order chi connectivity index (χ0) is 12.1. The minimum absolute atomic E-state index is 0.112. The summed E-state index contributed by atoms with van der Waals surface area (Å²) in [6.07, 6.45) is 2.22. The van der Waals surface area contributed by atoms with E-state index in [0.29, 0.717) is 11.5 Å². The lowest BCUT2D eigenvalue weighted by atomic mass is 9.98. The quantitative estimate of drug-likeness (QED) is 0.734. The Morgan fingerprint density at radius 3 is 2.88 bits per heavy atom. The first-order chi connectivity index (χ1) is 8.25. The summed E-state index contributed by atoms with van der Waals surface area (Å²) in [5.74, 6) is 0.580. The molecule has 4 heteroatoms. The van der Waals surface area contributed by atoms with Crippen LogP contribution in [0.1, 0.15) is 23.2 Å². The van der Waals surface area contributed by atoms with Gasteiger partial charge in [-0.15, -0.1) is 0 Å². The van der Waals surface area contributed by atoms with Crippen molar-refractivity contribution in [1.29, 1.82) is 0 Å². The lowest BCUT2D eigenvalue weighted by molar-refractivity contribution is 0.0944. The van der Waals surface area contributed by atoms with Crippen LogP contribution in [-0.4, -0.2) is 30.6 Å². The number of phenolic OH excluding ortho intramolecular Hbond substituents is 1. The zero-order valence-corrected chi connectivity index (χ0v) is 9.78. The molecule has 1 saturated heterocycles. The maximum atomic E-state index is 11.8. The van der Waals surface area contributed by atoms with Crippen LogP contribution in [0.15, 0.2) is 24.3 Å². The number of carbonyl (C=O) groups is 1. The molecule has 0 aromatic heterocycles. The zero-order valence-electron chi connectivity index (χ0n) is 9.78. The number of rotatable bonds is 3. The number of hydrogen-bond donors (Lipinski definition) is 3. The van der Waals surface area contributed by atoms with Crippen molar-refractivity contribution in [2.24, 2.45) is 5.92 Å². The van der Waals surface area contributed by atoms with Gasteiger partial charge in [-0.3, -0.25) is 4.79 Å². The predicted octanol–water partition coefficient (Wildman–Crippen LogP) is 1.12. The highest BCUT2D eigenvalue weighted by molar-refractivity contribution is 5.94. The average Bonchev–Trinajstić information content (AvgIpc) is 2.37. The molecule has 1 heterocycles. The molecule has 2 rings (SSSR count). The van der Waals surface area contributed by atoms with Crippen molar-refractivity contribution in [3.63, 3.8) is 0 Å². The summed E-state index contributed by atoms with van der Waals surface area (Å²) in [6.45, 7) is 2.79. The molecule has 0 bridgehead atoms. The summed E-state index contributed by atoms with van der Waals surface area (Å²) in [6, 6.07) is 6.42. The summed E-state index contributed by atoms with van der Waals surface area (Å²) >= 11 is 0. The van der Waals surface area contributed by atoms with E-state index in [4.69, 9.17) is 0 Å². The maximum Gasteiger partial charge on any atom is 0.251 e. The fraction of sp³-hybridized carbons (Fsp3) is 0.462. The first-order valence-electron chi connectivity index (χ1n) is 6.03. The standard InChI is InChI=1S/C13H18N2O2/c16-12-3-1-2-11(8-12)13(17)15-9-10-4-6-14-7-5-10/h1-3,8,10,14,16H,4-7,9H2,(H,15,17). The Bertz CT molecular complexity index is 387. The van der Waals surface area contributed by atoms with Crippen LogP contribution in [0.5, 0.6) is 5.75 Å². The SMILES string of the molecule is O=C(NCC1CCNCC1)c1cccc(O)c1. The molecule has 0 atom stereocenters. The van der Waals surface area contributed by atoms with Crippen LogP contribution in [0, 0.1) is 5.92 Å². The third-order valence-corrected chi connectivity index (χ3v) is 3.12. The van der Waals surface area contributed by atoms with Gasteiger partial charge in [-0.25, -0.2) is 0 Å². The second-order valence-electron chi connectivity index (χ2n) is 4.45. The summed E-state index contributed by atoms with van der Waals surface area (Å²) in [5.41, 5.74) is 0.513. The van der Waals surface area contributed by atoms with E-state index >= 15 is 0 Å². The summed E-state index contributed by atoms with van der Waals surface area (Å²) in [7, 11) is 0. The molecule has 1 aromatic rings. The molecule has 3 N–H and O–H groups in total. The van der Waals surface area contributed by atoms with Crippen LogP contribution < -0.4 is 10.6 Å². The lowest BCUT2D eigenvalue weighted by Gasteiger charge is -2.22. The molecule has 92 valence electrons. The number of aromatic hydroxyl groups is 1. The normalized spacial score (nSPS) is 16.7. The monoisotopic (exact) mass is 234 g/mol. The maximum absolute atomic E-state index is 11.8. The van der Waals surface area contributed by atoms with Gasteiger partial charge in [0.05, 0.1) is 0 Å². The smallest absolute Gasteiger partial charge is 0.251 e. The van der Waals surface area contributed by atoms with Gasteiger partial charge in [-0.05, 0) is 50.0 Å². The highest BCUT2D eigenvalue weighted by atomic mass is 16.3. The number of nitrogens with one attached hydrogen (secondary N) is 2. The highest BCUT2D eigenvalue weighted by Gasteiger charge is 2.14. The highest BCUT2D eigenvalue weighted by Crippen LogP contribution is 2.12. The van der Waals surface area contributed by atoms with Gasteiger partial charge >= 0.3 is 0 Å².